The number of aromatic nitrogens is 2. The van der Waals surface area contributed by atoms with Crippen LogP contribution in [0, 0.1) is 0 Å². The number of hydrogen-bond donors (Lipinski definition) is 1. The number of fused-ring (bicyclic) bond motifs is 3. The van der Waals surface area contributed by atoms with E-state index in [0.29, 0.717) is 0 Å². The van der Waals surface area contributed by atoms with E-state index >= 15 is 0 Å². The summed E-state index contributed by atoms with van der Waals surface area (Å²) in [5, 5.41) is 9.63. The summed E-state index contributed by atoms with van der Waals surface area (Å²) in [5.74, 6) is 0.0917. The van der Waals surface area contributed by atoms with Crippen molar-refractivity contribution in [1.29, 1.82) is 0 Å². The molecule has 3 heteroatoms. The Bertz CT molecular complexity index is 848. The number of rotatable bonds is 2. The SMILES string of the molecule is C=C(O)c1cccc([C@@H]2c3ccccc3-c3cncn32)c1. The number of nitrogens with zero attached hydrogens (tertiary/aromatic N) is 2. The van der Waals surface area contributed by atoms with Crippen molar-refractivity contribution in [2.75, 3.05) is 0 Å². The van der Waals surface area contributed by atoms with E-state index in [1.807, 2.05) is 36.8 Å². The summed E-state index contributed by atoms with van der Waals surface area (Å²) < 4.78 is 2.17. The molecule has 3 aromatic rings. The van der Waals surface area contributed by atoms with Crippen LogP contribution in [0.2, 0.25) is 0 Å². The van der Waals surface area contributed by atoms with Gasteiger partial charge in [0.1, 0.15) is 5.76 Å². The zero-order valence-corrected chi connectivity index (χ0v) is 11.4. The van der Waals surface area contributed by atoms with Crippen molar-refractivity contribution >= 4 is 5.76 Å². The molecule has 1 aromatic heterocycles. The van der Waals surface area contributed by atoms with Gasteiger partial charge in [-0.15, -0.1) is 0 Å². The third kappa shape index (κ3) is 1.71. The standard InChI is InChI=1S/C18H14N2O/c1-12(21)13-5-4-6-14(9-13)18-16-8-3-2-7-15(16)17-10-19-11-20(17)18/h2-11,18,21H,1H2/t18-/m1/s1. The highest BCUT2D eigenvalue weighted by Crippen LogP contribution is 2.42. The topological polar surface area (TPSA) is 38.1 Å². The van der Waals surface area contributed by atoms with Crippen LogP contribution in [0.15, 0.2) is 67.6 Å². The summed E-state index contributed by atoms with van der Waals surface area (Å²) in [4.78, 5) is 4.27. The Hall–Kier alpha value is -2.81. The zero-order chi connectivity index (χ0) is 14.4. The van der Waals surface area contributed by atoms with E-state index in [-0.39, 0.29) is 11.8 Å². The van der Waals surface area contributed by atoms with Crippen LogP contribution in [0.1, 0.15) is 22.7 Å². The van der Waals surface area contributed by atoms with Gasteiger partial charge < -0.3 is 9.67 Å². The Labute approximate surface area is 122 Å². The van der Waals surface area contributed by atoms with Gasteiger partial charge in [-0.1, -0.05) is 49.0 Å². The van der Waals surface area contributed by atoms with Crippen molar-refractivity contribution in [2.24, 2.45) is 0 Å². The lowest BCUT2D eigenvalue weighted by Crippen LogP contribution is -2.06. The largest absolute Gasteiger partial charge is 0.508 e. The number of hydrogen-bond acceptors (Lipinski definition) is 2. The first-order valence-electron chi connectivity index (χ1n) is 6.85. The number of aliphatic hydroxyl groups is 1. The van der Waals surface area contributed by atoms with E-state index in [1.54, 1.807) is 0 Å². The van der Waals surface area contributed by atoms with Gasteiger partial charge in [-0.25, -0.2) is 4.98 Å². The van der Waals surface area contributed by atoms with Crippen LogP contribution in [-0.2, 0) is 0 Å². The molecule has 0 amide bonds. The van der Waals surface area contributed by atoms with Crippen molar-refractivity contribution in [3.8, 4) is 11.3 Å². The van der Waals surface area contributed by atoms with E-state index < -0.39 is 0 Å². The molecule has 102 valence electrons. The van der Waals surface area contributed by atoms with Crippen molar-refractivity contribution in [3.63, 3.8) is 0 Å². The van der Waals surface area contributed by atoms with Crippen LogP contribution in [0.5, 0.6) is 0 Å². The molecule has 21 heavy (non-hydrogen) atoms. The van der Waals surface area contributed by atoms with Gasteiger partial charge in [0.2, 0.25) is 0 Å². The van der Waals surface area contributed by atoms with Crippen LogP contribution >= 0.6 is 0 Å². The first-order valence-corrected chi connectivity index (χ1v) is 6.85. The Morgan fingerprint density at radius 1 is 1.14 bits per heavy atom. The maximum atomic E-state index is 9.63. The molecule has 4 rings (SSSR count). The molecule has 0 spiro atoms. The molecule has 1 aliphatic rings. The van der Waals surface area contributed by atoms with Crippen LogP contribution < -0.4 is 0 Å². The third-order valence-electron chi connectivity index (χ3n) is 4.01. The first kappa shape index (κ1) is 12.0. The molecule has 0 unspecified atom stereocenters. The van der Waals surface area contributed by atoms with Gasteiger partial charge in [-0.3, -0.25) is 0 Å². The normalized spacial score (nSPS) is 15.5. The number of aliphatic hydroxyl groups excluding tert-OH is 1. The average molecular weight is 274 g/mol. The fourth-order valence-electron chi connectivity index (χ4n) is 3.07. The van der Waals surface area contributed by atoms with E-state index in [1.165, 1.54) is 11.1 Å². The molecule has 1 aliphatic heterocycles. The molecule has 0 saturated heterocycles. The van der Waals surface area contributed by atoms with E-state index in [0.717, 1.165) is 16.8 Å². The highest BCUT2D eigenvalue weighted by Gasteiger charge is 2.29. The van der Waals surface area contributed by atoms with Gasteiger partial charge in [-0.05, 0) is 17.2 Å². The van der Waals surface area contributed by atoms with Gasteiger partial charge >= 0.3 is 0 Å². The van der Waals surface area contributed by atoms with E-state index in [9.17, 15) is 5.11 Å². The predicted molar refractivity (Wildman–Crippen MR) is 83.0 cm³/mol. The summed E-state index contributed by atoms with van der Waals surface area (Å²) in [7, 11) is 0. The van der Waals surface area contributed by atoms with Crippen molar-refractivity contribution in [3.05, 3.63) is 84.3 Å². The second kappa shape index (κ2) is 4.35. The minimum absolute atomic E-state index is 0.0917. The van der Waals surface area contributed by atoms with Gasteiger partial charge in [-0.2, -0.15) is 0 Å². The molecular formula is C18H14N2O. The highest BCUT2D eigenvalue weighted by molar-refractivity contribution is 5.71. The maximum Gasteiger partial charge on any atom is 0.115 e. The minimum atomic E-state index is 0.0917. The Morgan fingerprint density at radius 2 is 2.00 bits per heavy atom. The molecular weight excluding hydrogens is 260 g/mol. The van der Waals surface area contributed by atoms with Gasteiger partial charge in [0.25, 0.3) is 0 Å². The molecule has 0 bridgehead atoms. The molecule has 1 atom stereocenters. The molecule has 2 aromatic carbocycles. The van der Waals surface area contributed by atoms with Crippen molar-refractivity contribution < 1.29 is 5.11 Å². The van der Waals surface area contributed by atoms with Crippen molar-refractivity contribution in [2.45, 2.75) is 6.04 Å². The summed E-state index contributed by atoms with van der Waals surface area (Å²) in [6.45, 7) is 3.61. The molecule has 3 nitrogen and oxygen atoms in total. The zero-order valence-electron chi connectivity index (χ0n) is 11.4. The quantitative estimate of drug-likeness (QED) is 0.560. The van der Waals surface area contributed by atoms with Gasteiger partial charge in [0.05, 0.1) is 24.3 Å². The molecule has 0 radical (unpaired) electrons. The summed E-state index contributed by atoms with van der Waals surface area (Å²) in [6.07, 6.45) is 3.76. The monoisotopic (exact) mass is 274 g/mol. The maximum absolute atomic E-state index is 9.63. The lowest BCUT2D eigenvalue weighted by molar-refractivity contribution is 0.513. The lowest BCUT2D eigenvalue weighted by atomic mass is 9.96. The molecule has 0 saturated carbocycles. The van der Waals surface area contributed by atoms with Gasteiger partial charge in [0, 0.05) is 11.1 Å². The minimum Gasteiger partial charge on any atom is -0.508 e. The Kier molecular flexibility index (Phi) is 2.48. The average Bonchev–Trinajstić information content (AvgIpc) is 3.07. The van der Waals surface area contributed by atoms with E-state index in [4.69, 9.17) is 0 Å². The van der Waals surface area contributed by atoms with E-state index in [2.05, 4.69) is 40.4 Å². The summed E-state index contributed by atoms with van der Waals surface area (Å²) in [5.41, 5.74) is 5.47. The molecule has 1 N–H and O–H groups in total. The first-order chi connectivity index (χ1) is 10.3. The summed E-state index contributed by atoms with van der Waals surface area (Å²) >= 11 is 0. The molecule has 0 aliphatic carbocycles. The number of benzene rings is 2. The molecule has 0 fully saturated rings. The lowest BCUT2D eigenvalue weighted by Gasteiger charge is -2.16. The fraction of sp³-hybridized carbons (Fsp3) is 0.0556. The predicted octanol–water partition coefficient (Wildman–Crippen LogP) is 4.03. The summed E-state index contributed by atoms with van der Waals surface area (Å²) in [6, 6.07) is 16.3. The Balaban J connectivity index is 1.93. The van der Waals surface area contributed by atoms with Crippen LogP contribution in [-0.4, -0.2) is 14.7 Å². The third-order valence-corrected chi connectivity index (χ3v) is 4.01. The second-order valence-electron chi connectivity index (χ2n) is 5.25. The van der Waals surface area contributed by atoms with Crippen LogP contribution in [0.3, 0.4) is 0 Å². The number of imidazole rings is 1. The van der Waals surface area contributed by atoms with Gasteiger partial charge in [0.15, 0.2) is 0 Å². The second-order valence-corrected chi connectivity index (χ2v) is 5.25. The fourth-order valence-corrected chi connectivity index (χ4v) is 3.07. The Morgan fingerprint density at radius 3 is 2.86 bits per heavy atom. The van der Waals surface area contributed by atoms with Crippen LogP contribution in [0.4, 0.5) is 0 Å². The smallest absolute Gasteiger partial charge is 0.115 e. The van der Waals surface area contributed by atoms with Crippen LogP contribution in [0.25, 0.3) is 17.0 Å². The van der Waals surface area contributed by atoms with Crippen molar-refractivity contribution in [1.82, 2.24) is 9.55 Å². The highest BCUT2D eigenvalue weighted by atomic mass is 16.3. The molecule has 2 heterocycles.